The highest BCUT2D eigenvalue weighted by Crippen LogP contribution is 1.85. The number of carbonyl (C=O) groups is 3. The number of ether oxygens (including phenoxy) is 3. The van der Waals surface area contributed by atoms with E-state index in [4.69, 9.17) is 0 Å². The van der Waals surface area contributed by atoms with Gasteiger partial charge in [0.1, 0.15) is 0 Å². The minimum atomic E-state index is -0.213. The molecule has 0 bridgehead atoms. The monoisotopic (exact) mass is 292 g/mol. The summed E-state index contributed by atoms with van der Waals surface area (Å²) in [6, 6.07) is 0. The van der Waals surface area contributed by atoms with Gasteiger partial charge in [-0.2, -0.15) is 0 Å². The van der Waals surface area contributed by atoms with Gasteiger partial charge in [-0.05, 0) is 27.2 Å². The van der Waals surface area contributed by atoms with Crippen LogP contribution in [0.4, 0.5) is 0 Å². The topological polar surface area (TPSA) is 78.9 Å². The van der Waals surface area contributed by atoms with Crippen LogP contribution in [0, 0.1) is 0 Å². The first-order chi connectivity index (χ1) is 9.17. The lowest BCUT2D eigenvalue weighted by Gasteiger charge is -2.01. The van der Waals surface area contributed by atoms with E-state index in [1.54, 1.807) is 6.92 Å². The third-order valence-electron chi connectivity index (χ3n) is 1.26. The lowest BCUT2D eigenvalue weighted by atomic mass is 10.5. The minimum Gasteiger partial charge on any atom is -0.466 e. The molecular formula is C14H28O6. The molecule has 0 saturated carbocycles. The number of carbonyl (C=O) groups excluding carboxylic acids is 3. The van der Waals surface area contributed by atoms with E-state index in [1.807, 2.05) is 20.8 Å². The van der Waals surface area contributed by atoms with Gasteiger partial charge in [-0.25, -0.2) is 0 Å². The summed E-state index contributed by atoms with van der Waals surface area (Å²) in [6.45, 7) is 12.6. The van der Waals surface area contributed by atoms with Crippen LogP contribution in [0.3, 0.4) is 0 Å². The maximum atomic E-state index is 10.0. The van der Waals surface area contributed by atoms with Gasteiger partial charge in [0.2, 0.25) is 0 Å². The third kappa shape index (κ3) is 44.0. The average molecular weight is 292 g/mol. The second-order valence-corrected chi connectivity index (χ2v) is 3.92. The van der Waals surface area contributed by atoms with Crippen LogP contribution in [0.5, 0.6) is 0 Å². The van der Waals surface area contributed by atoms with Crippen molar-refractivity contribution in [1.82, 2.24) is 0 Å². The molecule has 0 amide bonds. The van der Waals surface area contributed by atoms with Crippen molar-refractivity contribution in [2.24, 2.45) is 0 Å². The molecule has 120 valence electrons. The van der Waals surface area contributed by atoms with Crippen molar-refractivity contribution in [2.75, 3.05) is 13.2 Å². The Morgan fingerprint density at radius 3 is 1.35 bits per heavy atom. The smallest absolute Gasteiger partial charge is 0.302 e. The summed E-state index contributed by atoms with van der Waals surface area (Å²) >= 11 is 0. The van der Waals surface area contributed by atoms with Crippen molar-refractivity contribution < 1.29 is 28.6 Å². The molecule has 0 rings (SSSR count). The lowest BCUT2D eigenvalue weighted by Crippen LogP contribution is -2.06. The molecule has 0 atom stereocenters. The van der Waals surface area contributed by atoms with Gasteiger partial charge in [0, 0.05) is 20.8 Å². The third-order valence-corrected chi connectivity index (χ3v) is 1.26. The number of hydrogen-bond acceptors (Lipinski definition) is 6. The molecule has 0 heterocycles. The highest BCUT2D eigenvalue weighted by atomic mass is 16.5. The Kier molecular flexibility index (Phi) is 20.5. The van der Waals surface area contributed by atoms with Gasteiger partial charge >= 0.3 is 17.9 Å². The Morgan fingerprint density at radius 2 is 1.30 bits per heavy atom. The largest absolute Gasteiger partial charge is 0.466 e. The van der Waals surface area contributed by atoms with E-state index in [0.29, 0.717) is 13.2 Å². The molecular weight excluding hydrogens is 264 g/mol. The number of esters is 3. The van der Waals surface area contributed by atoms with Gasteiger partial charge in [-0.3, -0.25) is 14.4 Å². The van der Waals surface area contributed by atoms with Gasteiger partial charge in [0.25, 0.3) is 0 Å². The molecule has 0 aliphatic carbocycles. The van der Waals surface area contributed by atoms with Gasteiger partial charge in [0.05, 0.1) is 19.3 Å². The zero-order valence-electron chi connectivity index (χ0n) is 13.6. The fourth-order valence-corrected chi connectivity index (χ4v) is 0.781. The summed E-state index contributed by atoms with van der Waals surface area (Å²) in [5, 5.41) is 0. The van der Waals surface area contributed by atoms with Crippen LogP contribution >= 0.6 is 0 Å². The molecule has 0 unspecified atom stereocenters. The summed E-state index contributed by atoms with van der Waals surface area (Å²) in [7, 11) is 0. The van der Waals surface area contributed by atoms with Gasteiger partial charge in [-0.1, -0.05) is 6.92 Å². The van der Waals surface area contributed by atoms with Crippen LogP contribution < -0.4 is 0 Å². The van der Waals surface area contributed by atoms with Gasteiger partial charge in [-0.15, -0.1) is 0 Å². The zero-order valence-corrected chi connectivity index (χ0v) is 13.6. The summed E-state index contributed by atoms with van der Waals surface area (Å²) in [5.41, 5.74) is 0. The van der Waals surface area contributed by atoms with Gasteiger partial charge < -0.3 is 14.2 Å². The highest BCUT2D eigenvalue weighted by molar-refractivity contribution is 5.66. The molecule has 0 N–H and O–H groups in total. The first kappa shape index (κ1) is 23.5. The average Bonchev–Trinajstić information content (AvgIpc) is 2.25. The maximum Gasteiger partial charge on any atom is 0.302 e. The molecule has 0 radical (unpaired) electrons. The summed E-state index contributed by atoms with van der Waals surface area (Å²) < 4.78 is 13.6. The second kappa shape index (κ2) is 17.4. The second-order valence-electron chi connectivity index (χ2n) is 3.92. The van der Waals surface area contributed by atoms with E-state index in [1.165, 1.54) is 20.8 Å². The Balaban J connectivity index is -0.000000218. The van der Waals surface area contributed by atoms with Crippen LogP contribution in [0.15, 0.2) is 0 Å². The standard InChI is InChI=1S/2C5H10O2.C4H8O2/c1-4(2)7-5(3)6;1-3-4-7-5(2)6;1-3-6-4(2)5/h4H,1-3H3;3-4H2,1-2H3;3H2,1-2H3. The van der Waals surface area contributed by atoms with Crippen LogP contribution in [-0.4, -0.2) is 37.2 Å². The maximum absolute atomic E-state index is 10.0. The predicted molar refractivity (Wildman–Crippen MR) is 76.1 cm³/mol. The molecule has 0 spiro atoms. The zero-order chi connectivity index (χ0) is 16.6. The molecule has 0 aliphatic heterocycles. The summed E-state index contributed by atoms with van der Waals surface area (Å²) in [4.78, 5) is 29.8. The number of rotatable bonds is 4. The first-order valence-electron chi connectivity index (χ1n) is 6.61. The predicted octanol–water partition coefficient (Wildman–Crippen LogP) is 2.49. The first-order valence-corrected chi connectivity index (χ1v) is 6.61. The van der Waals surface area contributed by atoms with Crippen molar-refractivity contribution in [1.29, 1.82) is 0 Å². The summed E-state index contributed by atoms with van der Waals surface area (Å²) in [5.74, 6) is -0.616. The minimum absolute atomic E-state index is 0.0255. The molecule has 0 saturated heterocycles. The van der Waals surface area contributed by atoms with Crippen LogP contribution in [-0.2, 0) is 28.6 Å². The van der Waals surface area contributed by atoms with E-state index < -0.39 is 0 Å². The van der Waals surface area contributed by atoms with E-state index >= 15 is 0 Å². The van der Waals surface area contributed by atoms with Crippen molar-refractivity contribution in [2.45, 2.75) is 61.0 Å². The molecule has 0 aromatic rings. The van der Waals surface area contributed by atoms with Crippen molar-refractivity contribution in [3.05, 3.63) is 0 Å². The van der Waals surface area contributed by atoms with E-state index in [-0.39, 0.29) is 24.0 Å². The lowest BCUT2D eigenvalue weighted by molar-refractivity contribution is -0.144. The van der Waals surface area contributed by atoms with Crippen molar-refractivity contribution in [3.8, 4) is 0 Å². The Hall–Kier alpha value is -1.59. The van der Waals surface area contributed by atoms with E-state index in [9.17, 15) is 14.4 Å². The van der Waals surface area contributed by atoms with Crippen molar-refractivity contribution >= 4 is 17.9 Å². The van der Waals surface area contributed by atoms with Crippen molar-refractivity contribution in [3.63, 3.8) is 0 Å². The molecule has 20 heavy (non-hydrogen) atoms. The van der Waals surface area contributed by atoms with Crippen LogP contribution in [0.1, 0.15) is 54.9 Å². The summed E-state index contributed by atoms with van der Waals surface area (Å²) in [6.07, 6.45) is 0.928. The Bertz CT molecular complexity index is 260. The molecule has 0 aliphatic rings. The molecule has 0 fully saturated rings. The Labute approximate surface area is 121 Å². The fourth-order valence-electron chi connectivity index (χ4n) is 0.781. The fraction of sp³-hybridized carbons (Fsp3) is 0.786. The van der Waals surface area contributed by atoms with Crippen LogP contribution in [0.2, 0.25) is 0 Å². The van der Waals surface area contributed by atoms with Crippen LogP contribution in [0.25, 0.3) is 0 Å². The SMILES string of the molecule is CC(=O)OC(C)C.CCCOC(C)=O.CCOC(C)=O. The molecule has 6 heteroatoms. The Morgan fingerprint density at radius 1 is 0.850 bits per heavy atom. The highest BCUT2D eigenvalue weighted by Gasteiger charge is 1.93. The normalized spacial score (nSPS) is 8.40. The molecule has 0 aromatic carbocycles. The number of hydrogen-bond donors (Lipinski definition) is 0. The van der Waals surface area contributed by atoms with E-state index in [2.05, 4.69) is 14.2 Å². The quantitative estimate of drug-likeness (QED) is 0.585. The van der Waals surface area contributed by atoms with E-state index in [0.717, 1.165) is 6.42 Å². The molecule has 6 nitrogen and oxygen atoms in total. The van der Waals surface area contributed by atoms with Gasteiger partial charge in [0.15, 0.2) is 0 Å². The molecule has 0 aromatic heterocycles.